The number of carbonyl (C=O) groups is 1. The van der Waals surface area contributed by atoms with Gasteiger partial charge in [-0.2, -0.15) is 13.2 Å². The van der Waals surface area contributed by atoms with Crippen LogP contribution in [-0.2, 0) is 11.0 Å². The molecule has 1 amide bonds. The average molecular weight is 325 g/mol. The molecule has 1 N–H and O–H groups in total. The van der Waals surface area contributed by atoms with Gasteiger partial charge in [0.2, 0.25) is 5.91 Å². The first-order chi connectivity index (χ1) is 9.36. The van der Waals surface area contributed by atoms with Crippen molar-refractivity contribution in [1.82, 2.24) is 10.3 Å². The number of carbonyl (C=O) groups excluding carboxylic acids is 1. The van der Waals surface area contributed by atoms with E-state index < -0.39 is 11.7 Å². The predicted octanol–water partition coefficient (Wildman–Crippen LogP) is 3.37. The van der Waals surface area contributed by atoms with E-state index in [1.165, 1.54) is 0 Å². The highest BCUT2D eigenvalue weighted by molar-refractivity contribution is 8.00. The Balaban J connectivity index is 1.87. The second-order valence-corrected chi connectivity index (χ2v) is 5.92. The van der Waals surface area contributed by atoms with Crippen LogP contribution in [-0.4, -0.2) is 23.2 Å². The lowest BCUT2D eigenvalue weighted by Crippen LogP contribution is -2.27. The molecule has 0 radical (unpaired) electrons. The van der Waals surface area contributed by atoms with Gasteiger partial charge in [-0.25, -0.2) is 4.98 Å². The molecule has 0 aromatic carbocycles. The van der Waals surface area contributed by atoms with Gasteiger partial charge in [-0.1, -0.05) is 23.4 Å². The summed E-state index contributed by atoms with van der Waals surface area (Å²) in [6.45, 7) is 0.660. The quantitative estimate of drug-likeness (QED) is 0.844. The zero-order valence-corrected chi connectivity index (χ0v) is 11.9. The van der Waals surface area contributed by atoms with Crippen molar-refractivity contribution < 1.29 is 18.0 Å². The van der Waals surface area contributed by atoms with E-state index in [9.17, 15) is 18.0 Å². The second kappa shape index (κ2) is 6.22. The maximum atomic E-state index is 12.4. The van der Waals surface area contributed by atoms with Crippen LogP contribution in [0.25, 0.3) is 0 Å². The Hall–Kier alpha value is -0.950. The van der Waals surface area contributed by atoms with E-state index in [0.717, 1.165) is 36.9 Å². The van der Waals surface area contributed by atoms with Gasteiger partial charge in [0, 0.05) is 12.7 Å². The number of pyridine rings is 1. The molecule has 8 heteroatoms. The van der Waals surface area contributed by atoms with Gasteiger partial charge in [-0.05, 0) is 24.8 Å². The highest BCUT2D eigenvalue weighted by Gasteiger charge is 2.31. The molecule has 20 heavy (non-hydrogen) atoms. The Morgan fingerprint density at radius 3 is 2.75 bits per heavy atom. The minimum atomic E-state index is -4.47. The zero-order chi connectivity index (χ0) is 14.8. The minimum Gasteiger partial charge on any atom is -0.355 e. The largest absolute Gasteiger partial charge is 0.417 e. The van der Waals surface area contributed by atoms with E-state index in [4.69, 9.17) is 11.6 Å². The molecule has 0 spiro atoms. The van der Waals surface area contributed by atoms with Gasteiger partial charge >= 0.3 is 6.18 Å². The number of hydrogen-bond donors (Lipinski definition) is 1. The minimum absolute atomic E-state index is 0.0881. The van der Waals surface area contributed by atoms with E-state index in [1.54, 1.807) is 0 Å². The van der Waals surface area contributed by atoms with E-state index in [-0.39, 0.29) is 21.7 Å². The number of nitrogens with zero attached hydrogens (tertiary/aromatic N) is 1. The molecule has 110 valence electrons. The topological polar surface area (TPSA) is 42.0 Å². The van der Waals surface area contributed by atoms with Crippen LogP contribution >= 0.6 is 23.4 Å². The molecule has 0 atom stereocenters. The first kappa shape index (κ1) is 15.4. The number of alkyl halides is 3. The van der Waals surface area contributed by atoms with Crippen molar-refractivity contribution in [2.75, 3.05) is 12.3 Å². The molecule has 1 aromatic rings. The van der Waals surface area contributed by atoms with Gasteiger partial charge in [0.1, 0.15) is 5.03 Å². The van der Waals surface area contributed by atoms with Crippen LogP contribution in [0.1, 0.15) is 18.4 Å². The van der Waals surface area contributed by atoms with E-state index in [2.05, 4.69) is 10.3 Å². The van der Waals surface area contributed by atoms with Crippen molar-refractivity contribution in [2.24, 2.45) is 5.92 Å². The first-order valence-corrected chi connectivity index (χ1v) is 7.35. The molecule has 1 aliphatic rings. The Morgan fingerprint density at radius 1 is 1.50 bits per heavy atom. The molecule has 1 saturated carbocycles. The number of aromatic nitrogens is 1. The van der Waals surface area contributed by atoms with Crippen LogP contribution in [0.15, 0.2) is 17.3 Å². The monoisotopic (exact) mass is 324 g/mol. The highest BCUT2D eigenvalue weighted by Crippen LogP contribution is 2.33. The summed E-state index contributed by atoms with van der Waals surface area (Å²) in [6, 6.07) is 0.818. The van der Waals surface area contributed by atoms with Crippen LogP contribution in [0.3, 0.4) is 0 Å². The number of rotatable bonds is 5. The van der Waals surface area contributed by atoms with Gasteiger partial charge < -0.3 is 5.32 Å². The standard InChI is InChI=1S/C12H12ClF3N2OS/c13-9-3-8(12(14,15)16)5-18-11(9)20-6-10(19)17-4-7-1-2-7/h3,5,7H,1-2,4,6H2,(H,17,19). The van der Waals surface area contributed by atoms with E-state index in [0.29, 0.717) is 12.5 Å². The fourth-order valence-electron chi connectivity index (χ4n) is 1.45. The summed E-state index contributed by atoms with van der Waals surface area (Å²) in [5.74, 6) is 0.501. The number of hydrogen-bond acceptors (Lipinski definition) is 3. The van der Waals surface area contributed by atoms with Crippen molar-refractivity contribution in [2.45, 2.75) is 24.0 Å². The van der Waals surface area contributed by atoms with Crippen LogP contribution < -0.4 is 5.32 Å². The molecule has 1 aliphatic carbocycles. The lowest BCUT2D eigenvalue weighted by molar-refractivity contribution is -0.137. The van der Waals surface area contributed by atoms with Crippen LogP contribution in [0.2, 0.25) is 5.02 Å². The lowest BCUT2D eigenvalue weighted by atomic mass is 10.3. The third-order valence-electron chi connectivity index (χ3n) is 2.76. The van der Waals surface area contributed by atoms with E-state index >= 15 is 0 Å². The first-order valence-electron chi connectivity index (χ1n) is 5.98. The number of halogens is 4. The third-order valence-corrected chi connectivity index (χ3v) is 4.17. The summed E-state index contributed by atoms with van der Waals surface area (Å²) in [5, 5.41) is 2.89. The Kier molecular flexibility index (Phi) is 4.80. The summed E-state index contributed by atoms with van der Waals surface area (Å²) in [4.78, 5) is 15.2. The fraction of sp³-hybridized carbons (Fsp3) is 0.500. The van der Waals surface area contributed by atoms with Gasteiger partial charge in [-0.15, -0.1) is 0 Å². The Morgan fingerprint density at radius 2 is 2.20 bits per heavy atom. The lowest BCUT2D eigenvalue weighted by Gasteiger charge is -2.09. The zero-order valence-electron chi connectivity index (χ0n) is 10.3. The van der Waals surface area contributed by atoms with Gasteiger partial charge in [-0.3, -0.25) is 4.79 Å². The van der Waals surface area contributed by atoms with E-state index in [1.807, 2.05) is 0 Å². The van der Waals surface area contributed by atoms with Gasteiger partial charge in [0.15, 0.2) is 0 Å². The normalized spacial score (nSPS) is 15.2. The molecule has 0 unspecified atom stereocenters. The summed E-state index contributed by atoms with van der Waals surface area (Å²) < 4.78 is 37.3. The van der Waals surface area contributed by atoms with Gasteiger partial charge in [0.05, 0.1) is 16.3 Å². The second-order valence-electron chi connectivity index (χ2n) is 4.54. The van der Waals surface area contributed by atoms with Crippen LogP contribution in [0.4, 0.5) is 13.2 Å². The van der Waals surface area contributed by atoms with Crippen molar-refractivity contribution in [3.8, 4) is 0 Å². The van der Waals surface area contributed by atoms with Gasteiger partial charge in [0.25, 0.3) is 0 Å². The number of amides is 1. The molecular weight excluding hydrogens is 313 g/mol. The van der Waals surface area contributed by atoms with Crippen molar-refractivity contribution in [1.29, 1.82) is 0 Å². The third kappa shape index (κ3) is 4.56. The van der Waals surface area contributed by atoms with Crippen LogP contribution in [0, 0.1) is 5.92 Å². The highest BCUT2D eigenvalue weighted by atomic mass is 35.5. The predicted molar refractivity (Wildman–Crippen MR) is 70.7 cm³/mol. The molecule has 0 saturated heterocycles. The summed E-state index contributed by atoms with van der Waals surface area (Å²) >= 11 is 6.77. The molecule has 1 fully saturated rings. The molecule has 1 heterocycles. The maximum absolute atomic E-state index is 12.4. The Bertz CT molecular complexity index is 506. The number of nitrogens with one attached hydrogen (secondary N) is 1. The molecule has 1 aromatic heterocycles. The molecule has 2 rings (SSSR count). The van der Waals surface area contributed by atoms with Crippen LogP contribution in [0.5, 0.6) is 0 Å². The summed E-state index contributed by atoms with van der Waals surface area (Å²) in [5.41, 5.74) is -0.898. The van der Waals surface area contributed by atoms with Crippen molar-refractivity contribution >= 4 is 29.3 Å². The number of thioether (sulfide) groups is 1. The Labute approximate surface area is 123 Å². The molecule has 3 nitrogen and oxygen atoms in total. The molecule has 0 bridgehead atoms. The molecule has 0 aliphatic heterocycles. The summed E-state index contributed by atoms with van der Waals surface area (Å²) in [7, 11) is 0. The fourth-order valence-corrected chi connectivity index (χ4v) is 2.48. The maximum Gasteiger partial charge on any atom is 0.417 e. The SMILES string of the molecule is O=C(CSc1ncc(C(F)(F)F)cc1Cl)NCC1CC1. The van der Waals surface area contributed by atoms with Crippen molar-refractivity contribution in [3.05, 3.63) is 22.8 Å². The average Bonchev–Trinajstić information content (AvgIpc) is 3.17. The smallest absolute Gasteiger partial charge is 0.355 e. The van der Waals surface area contributed by atoms with Crippen molar-refractivity contribution in [3.63, 3.8) is 0 Å². The molecular formula is C12H12ClF3N2OS. The summed E-state index contributed by atoms with van der Waals surface area (Å²) in [6.07, 6.45) is -1.47.